The third kappa shape index (κ3) is 4.01. The summed E-state index contributed by atoms with van der Waals surface area (Å²) in [4.78, 5) is 7.57. The van der Waals surface area contributed by atoms with E-state index in [9.17, 15) is 13.5 Å². The number of pyridine rings is 1. The van der Waals surface area contributed by atoms with Gasteiger partial charge in [-0.15, -0.1) is 22.0 Å². The fourth-order valence-electron chi connectivity index (χ4n) is 2.76. The van der Waals surface area contributed by atoms with E-state index in [2.05, 4.69) is 24.4 Å². The van der Waals surface area contributed by atoms with Crippen LogP contribution in [-0.2, 0) is 10.0 Å². The standard InChI is InChI=1S/C18H18N6O3S3/c1-5-24(6-2)30(26,27)14-9-11(7-8-13(14)25)21-22-17-12-10-20-18(28-4)16(19-3)15(12)23-29-17/h7-10,25H,5-6H2,1-2,4H3. The van der Waals surface area contributed by atoms with Crippen LogP contribution in [0.1, 0.15) is 13.8 Å². The summed E-state index contributed by atoms with van der Waals surface area (Å²) in [6.45, 7) is 11.4. The second kappa shape index (κ2) is 9.05. The number of rotatable bonds is 7. The van der Waals surface area contributed by atoms with Gasteiger partial charge in [-0.1, -0.05) is 13.8 Å². The fourth-order valence-corrected chi connectivity index (χ4v) is 5.50. The molecule has 0 aliphatic carbocycles. The molecule has 1 aromatic carbocycles. The smallest absolute Gasteiger partial charge is 0.246 e. The minimum Gasteiger partial charge on any atom is -0.507 e. The summed E-state index contributed by atoms with van der Waals surface area (Å²) in [6.07, 6.45) is 3.44. The second-order valence-electron chi connectivity index (χ2n) is 5.92. The van der Waals surface area contributed by atoms with Crippen molar-refractivity contribution in [1.82, 2.24) is 13.7 Å². The zero-order valence-electron chi connectivity index (χ0n) is 16.4. The van der Waals surface area contributed by atoms with Gasteiger partial charge >= 0.3 is 0 Å². The molecule has 0 fully saturated rings. The molecule has 3 rings (SSSR count). The van der Waals surface area contributed by atoms with Crippen LogP contribution in [0.4, 0.5) is 16.4 Å². The van der Waals surface area contributed by atoms with Gasteiger partial charge in [0.2, 0.25) is 15.7 Å². The van der Waals surface area contributed by atoms with Gasteiger partial charge in [0.05, 0.1) is 17.8 Å². The van der Waals surface area contributed by atoms with E-state index in [1.807, 2.05) is 6.26 Å². The van der Waals surface area contributed by atoms with Crippen molar-refractivity contribution in [3.8, 4) is 5.75 Å². The summed E-state index contributed by atoms with van der Waals surface area (Å²) < 4.78 is 31.1. The first-order valence-electron chi connectivity index (χ1n) is 8.82. The molecule has 0 radical (unpaired) electrons. The highest BCUT2D eigenvalue weighted by Crippen LogP contribution is 2.40. The number of azo groups is 1. The van der Waals surface area contributed by atoms with E-state index in [1.165, 1.54) is 34.3 Å². The van der Waals surface area contributed by atoms with Crippen LogP contribution in [0, 0.1) is 6.57 Å². The third-order valence-corrected chi connectivity index (χ3v) is 7.79. The zero-order chi connectivity index (χ0) is 21.9. The number of aromatic nitrogens is 2. The average molecular weight is 463 g/mol. The highest BCUT2D eigenvalue weighted by atomic mass is 32.2. The largest absolute Gasteiger partial charge is 0.507 e. The summed E-state index contributed by atoms with van der Waals surface area (Å²) >= 11 is 2.44. The maximum Gasteiger partial charge on any atom is 0.246 e. The highest BCUT2D eigenvalue weighted by Gasteiger charge is 2.25. The van der Waals surface area contributed by atoms with Crippen LogP contribution < -0.4 is 0 Å². The number of aromatic hydroxyl groups is 1. The van der Waals surface area contributed by atoms with E-state index in [0.717, 1.165) is 11.5 Å². The number of sulfonamides is 1. The Kier molecular flexibility index (Phi) is 6.67. The van der Waals surface area contributed by atoms with Gasteiger partial charge < -0.3 is 5.11 Å². The van der Waals surface area contributed by atoms with Crippen molar-refractivity contribution in [2.45, 2.75) is 23.8 Å². The second-order valence-corrected chi connectivity index (χ2v) is 9.37. The predicted molar refractivity (Wildman–Crippen MR) is 118 cm³/mol. The number of hydrogen-bond donors (Lipinski definition) is 1. The van der Waals surface area contributed by atoms with Gasteiger partial charge in [-0.05, 0) is 36.0 Å². The molecule has 0 atom stereocenters. The zero-order valence-corrected chi connectivity index (χ0v) is 18.8. The van der Waals surface area contributed by atoms with Gasteiger partial charge in [0.1, 0.15) is 15.7 Å². The molecule has 2 aromatic heterocycles. The maximum absolute atomic E-state index is 12.8. The van der Waals surface area contributed by atoms with Crippen molar-refractivity contribution in [3.63, 3.8) is 0 Å². The molecular formula is C18H18N6O3S3. The lowest BCUT2D eigenvalue weighted by Gasteiger charge is -2.19. The third-order valence-electron chi connectivity index (χ3n) is 4.27. The fraction of sp³-hybridized carbons (Fsp3) is 0.278. The van der Waals surface area contributed by atoms with Gasteiger partial charge in [-0.25, -0.2) is 17.6 Å². The maximum atomic E-state index is 12.8. The monoisotopic (exact) mass is 462 g/mol. The van der Waals surface area contributed by atoms with Crippen LogP contribution in [0.5, 0.6) is 5.75 Å². The van der Waals surface area contributed by atoms with Crippen LogP contribution in [-0.4, -0.2) is 46.5 Å². The van der Waals surface area contributed by atoms with Crippen LogP contribution in [0.15, 0.2) is 44.5 Å². The lowest BCUT2D eigenvalue weighted by atomic mass is 10.3. The molecule has 0 aliphatic heterocycles. The molecular weight excluding hydrogens is 444 g/mol. The summed E-state index contributed by atoms with van der Waals surface area (Å²) in [5.41, 5.74) is 1.15. The molecule has 0 saturated heterocycles. The van der Waals surface area contributed by atoms with E-state index in [0.29, 0.717) is 26.6 Å². The van der Waals surface area contributed by atoms with E-state index in [-0.39, 0.29) is 29.4 Å². The first kappa shape index (κ1) is 22.1. The Morgan fingerprint density at radius 2 is 2.03 bits per heavy atom. The van der Waals surface area contributed by atoms with E-state index in [1.54, 1.807) is 20.0 Å². The summed E-state index contributed by atoms with van der Waals surface area (Å²) in [6, 6.07) is 4.03. The number of thioether (sulfide) groups is 1. The predicted octanol–water partition coefficient (Wildman–Crippen LogP) is 5.12. The SMILES string of the molecule is [C-]#[N+]c1c(SC)ncc2c(N=Nc3ccc(O)c(S(=O)(=O)N(CC)CC)c3)snc12. The Labute approximate surface area is 182 Å². The number of phenols is 1. The lowest BCUT2D eigenvalue weighted by Crippen LogP contribution is -2.30. The van der Waals surface area contributed by atoms with Gasteiger partial charge in [0.25, 0.3) is 0 Å². The molecule has 2 heterocycles. The van der Waals surface area contributed by atoms with Gasteiger partial charge in [-0.2, -0.15) is 4.31 Å². The van der Waals surface area contributed by atoms with Gasteiger partial charge in [0.15, 0.2) is 5.00 Å². The molecule has 3 aromatic rings. The van der Waals surface area contributed by atoms with Crippen LogP contribution in [0.2, 0.25) is 0 Å². The molecule has 0 unspecified atom stereocenters. The Morgan fingerprint density at radius 1 is 1.30 bits per heavy atom. The average Bonchev–Trinajstić information content (AvgIpc) is 3.16. The van der Waals surface area contributed by atoms with E-state index in [4.69, 9.17) is 6.57 Å². The van der Waals surface area contributed by atoms with Gasteiger partial charge in [-0.3, -0.25) is 4.98 Å². The molecule has 0 amide bonds. The summed E-state index contributed by atoms with van der Waals surface area (Å²) in [7, 11) is -3.85. The van der Waals surface area contributed by atoms with Crippen molar-refractivity contribution in [3.05, 3.63) is 35.8 Å². The molecule has 0 bridgehead atoms. The van der Waals surface area contributed by atoms with Crippen molar-refractivity contribution >= 4 is 60.6 Å². The summed E-state index contributed by atoms with van der Waals surface area (Å²) in [5, 5.41) is 20.0. The normalized spacial score (nSPS) is 12.1. The minimum atomic E-state index is -3.85. The molecule has 1 N–H and O–H groups in total. The first-order valence-corrected chi connectivity index (χ1v) is 12.3. The van der Waals surface area contributed by atoms with Crippen LogP contribution in [0.3, 0.4) is 0 Å². The summed E-state index contributed by atoms with van der Waals surface area (Å²) in [5.74, 6) is -0.348. The molecule has 0 aliphatic rings. The molecule has 0 spiro atoms. The molecule has 156 valence electrons. The van der Waals surface area contributed by atoms with Crippen molar-refractivity contribution < 1.29 is 13.5 Å². The van der Waals surface area contributed by atoms with Gasteiger partial charge in [0, 0.05) is 24.7 Å². The van der Waals surface area contributed by atoms with Crippen LogP contribution >= 0.6 is 23.3 Å². The minimum absolute atomic E-state index is 0.224. The molecule has 30 heavy (non-hydrogen) atoms. The molecule has 0 saturated carbocycles. The highest BCUT2D eigenvalue weighted by molar-refractivity contribution is 7.98. The van der Waals surface area contributed by atoms with Crippen molar-refractivity contribution in [1.29, 1.82) is 0 Å². The van der Waals surface area contributed by atoms with Crippen LogP contribution in [0.25, 0.3) is 15.7 Å². The van der Waals surface area contributed by atoms with Crippen molar-refractivity contribution in [2.75, 3.05) is 19.3 Å². The number of phenolic OH excluding ortho intramolecular Hbond substituents is 1. The Bertz CT molecular complexity index is 1260. The van der Waals surface area contributed by atoms with E-state index >= 15 is 0 Å². The Morgan fingerprint density at radius 3 is 2.67 bits per heavy atom. The van der Waals surface area contributed by atoms with E-state index < -0.39 is 10.0 Å². The topological polar surface area (TPSA) is 112 Å². The quantitative estimate of drug-likeness (QED) is 0.296. The first-order chi connectivity index (χ1) is 14.4. The Hall–Kier alpha value is -2.59. The Balaban J connectivity index is 2.01. The number of benzene rings is 1. The molecule has 9 nitrogen and oxygen atoms in total. The van der Waals surface area contributed by atoms with Crippen molar-refractivity contribution in [2.24, 2.45) is 10.2 Å². The molecule has 12 heteroatoms. The number of hydrogen-bond acceptors (Lipinski definition) is 9. The lowest BCUT2D eigenvalue weighted by molar-refractivity contribution is 0.429. The number of nitrogens with zero attached hydrogens (tertiary/aromatic N) is 6. The number of fused-ring (bicyclic) bond motifs is 1.